The Kier molecular flexibility index (Phi) is 5.40. The van der Waals surface area contributed by atoms with Crippen LogP contribution >= 0.6 is 0 Å². The molecule has 0 radical (unpaired) electrons. The third-order valence-electron chi connectivity index (χ3n) is 5.98. The summed E-state index contributed by atoms with van der Waals surface area (Å²) in [5.41, 5.74) is 2.23. The monoisotopic (exact) mass is 404 g/mol. The Hall–Kier alpha value is -3.41. The third-order valence-corrected chi connectivity index (χ3v) is 5.98. The molecular weight excluding hydrogens is 380 g/mol. The lowest BCUT2D eigenvalue weighted by Gasteiger charge is -2.48. The fourth-order valence-electron chi connectivity index (χ4n) is 4.36. The average Bonchev–Trinajstić information content (AvgIpc) is 2.75. The first-order valence-corrected chi connectivity index (χ1v) is 10.1. The Bertz CT molecular complexity index is 980. The summed E-state index contributed by atoms with van der Waals surface area (Å²) in [4.78, 5) is 36.6. The highest BCUT2D eigenvalue weighted by atomic mass is 16.5. The van der Waals surface area contributed by atoms with Crippen molar-refractivity contribution in [2.45, 2.75) is 36.8 Å². The molecule has 2 amide bonds. The van der Waals surface area contributed by atoms with E-state index in [1.54, 1.807) is 12.1 Å². The van der Waals surface area contributed by atoms with Crippen LogP contribution < -0.4 is 10.6 Å². The number of rotatable bonds is 6. The van der Waals surface area contributed by atoms with Crippen molar-refractivity contribution in [1.82, 2.24) is 10.6 Å². The molecule has 154 valence electrons. The van der Waals surface area contributed by atoms with Crippen LogP contribution in [0.3, 0.4) is 0 Å². The first-order chi connectivity index (χ1) is 14.5. The molecule has 2 aliphatic rings. The lowest BCUT2D eigenvalue weighted by Crippen LogP contribution is -2.59. The second-order valence-corrected chi connectivity index (χ2v) is 7.94. The van der Waals surface area contributed by atoms with Crippen LogP contribution in [-0.2, 0) is 26.2 Å². The van der Waals surface area contributed by atoms with Gasteiger partial charge in [0.2, 0.25) is 5.91 Å². The van der Waals surface area contributed by atoms with Crippen molar-refractivity contribution < 1.29 is 19.1 Å². The van der Waals surface area contributed by atoms with Crippen LogP contribution in [0.15, 0.2) is 67.3 Å². The number of carbonyl (C=O) groups is 3. The fourth-order valence-corrected chi connectivity index (χ4v) is 4.36. The van der Waals surface area contributed by atoms with Crippen molar-refractivity contribution in [3.63, 3.8) is 0 Å². The molecule has 1 aliphatic carbocycles. The second kappa shape index (κ2) is 8.14. The van der Waals surface area contributed by atoms with E-state index < -0.39 is 12.1 Å². The van der Waals surface area contributed by atoms with Crippen molar-refractivity contribution in [3.8, 4) is 0 Å². The van der Waals surface area contributed by atoms with E-state index in [-0.39, 0.29) is 23.3 Å². The highest BCUT2D eigenvalue weighted by Crippen LogP contribution is 2.43. The molecule has 1 atom stereocenters. The minimum atomic E-state index is -0.820. The molecule has 1 heterocycles. The predicted molar refractivity (Wildman–Crippen MR) is 112 cm³/mol. The van der Waals surface area contributed by atoms with Gasteiger partial charge in [-0.15, -0.1) is 0 Å². The highest BCUT2D eigenvalue weighted by molar-refractivity contribution is 5.95. The largest absolute Gasteiger partial charge is 0.448 e. The quantitative estimate of drug-likeness (QED) is 0.572. The Balaban J connectivity index is 1.40. The molecule has 1 fully saturated rings. The highest BCUT2D eigenvalue weighted by Gasteiger charge is 2.47. The molecule has 2 N–H and O–H groups in total. The standard InChI is InChI=1S/C24H24N2O4/c1-2-21(27)25-15-24(17-9-4-3-5-10-17)13-18(14-24)26-22(28)20-12-16-8-6-7-11-19(16)23(29)30-20/h2-11,18,20H,1,12-15H2,(H,25,27)(H,26,28). The summed E-state index contributed by atoms with van der Waals surface area (Å²) >= 11 is 0. The maximum absolute atomic E-state index is 12.7. The van der Waals surface area contributed by atoms with E-state index in [2.05, 4.69) is 17.2 Å². The molecule has 6 nitrogen and oxygen atoms in total. The van der Waals surface area contributed by atoms with Gasteiger partial charge in [-0.05, 0) is 36.1 Å². The van der Waals surface area contributed by atoms with Crippen LogP contribution in [0.5, 0.6) is 0 Å². The maximum atomic E-state index is 12.7. The number of amides is 2. The normalized spacial score (nSPS) is 24.6. The van der Waals surface area contributed by atoms with E-state index in [0.29, 0.717) is 31.4 Å². The van der Waals surface area contributed by atoms with E-state index in [1.807, 2.05) is 42.5 Å². The van der Waals surface area contributed by atoms with Crippen LogP contribution in [0, 0.1) is 0 Å². The number of cyclic esters (lactones) is 1. The zero-order valence-electron chi connectivity index (χ0n) is 16.6. The molecule has 0 aromatic heterocycles. The van der Waals surface area contributed by atoms with Gasteiger partial charge >= 0.3 is 5.97 Å². The van der Waals surface area contributed by atoms with Crippen LogP contribution in [-0.4, -0.2) is 36.5 Å². The molecule has 2 aromatic rings. The van der Waals surface area contributed by atoms with Crippen LogP contribution in [0.4, 0.5) is 0 Å². The van der Waals surface area contributed by atoms with Crippen molar-refractivity contribution >= 4 is 17.8 Å². The Morgan fingerprint density at radius 2 is 1.80 bits per heavy atom. The Morgan fingerprint density at radius 3 is 2.53 bits per heavy atom. The number of carbonyl (C=O) groups excluding carboxylic acids is 3. The molecular formula is C24H24N2O4. The van der Waals surface area contributed by atoms with E-state index in [0.717, 1.165) is 11.1 Å². The molecule has 0 saturated heterocycles. The van der Waals surface area contributed by atoms with Gasteiger partial charge in [-0.2, -0.15) is 0 Å². The van der Waals surface area contributed by atoms with E-state index in [4.69, 9.17) is 4.74 Å². The number of benzene rings is 2. The summed E-state index contributed by atoms with van der Waals surface area (Å²) in [6, 6.07) is 17.1. The first-order valence-electron chi connectivity index (χ1n) is 10.1. The van der Waals surface area contributed by atoms with Crippen molar-refractivity contribution in [1.29, 1.82) is 0 Å². The van der Waals surface area contributed by atoms with E-state index >= 15 is 0 Å². The zero-order chi connectivity index (χ0) is 21.1. The van der Waals surface area contributed by atoms with Gasteiger partial charge < -0.3 is 15.4 Å². The molecule has 30 heavy (non-hydrogen) atoms. The van der Waals surface area contributed by atoms with Gasteiger partial charge in [0.1, 0.15) is 0 Å². The van der Waals surface area contributed by atoms with Crippen molar-refractivity contribution in [3.05, 3.63) is 83.9 Å². The summed E-state index contributed by atoms with van der Waals surface area (Å²) in [6.45, 7) is 3.97. The van der Waals surface area contributed by atoms with Gasteiger partial charge in [0.25, 0.3) is 5.91 Å². The van der Waals surface area contributed by atoms with Crippen molar-refractivity contribution in [2.75, 3.05) is 6.54 Å². The molecule has 1 saturated carbocycles. The summed E-state index contributed by atoms with van der Waals surface area (Å²) < 4.78 is 5.36. The molecule has 0 bridgehead atoms. The summed E-state index contributed by atoms with van der Waals surface area (Å²) in [6.07, 6.45) is 2.19. The van der Waals surface area contributed by atoms with Crippen LogP contribution in [0.25, 0.3) is 0 Å². The van der Waals surface area contributed by atoms with Gasteiger partial charge in [0.15, 0.2) is 6.10 Å². The second-order valence-electron chi connectivity index (χ2n) is 7.94. The third kappa shape index (κ3) is 3.85. The van der Waals surface area contributed by atoms with Crippen molar-refractivity contribution in [2.24, 2.45) is 0 Å². The van der Waals surface area contributed by atoms with E-state index in [1.165, 1.54) is 6.08 Å². The smallest absolute Gasteiger partial charge is 0.339 e. The first kappa shape index (κ1) is 19.9. The number of esters is 1. The van der Waals surface area contributed by atoms with Gasteiger partial charge in [0.05, 0.1) is 5.56 Å². The summed E-state index contributed by atoms with van der Waals surface area (Å²) in [7, 11) is 0. The van der Waals surface area contributed by atoms with Crippen LogP contribution in [0.2, 0.25) is 0 Å². The van der Waals surface area contributed by atoms with Crippen LogP contribution in [0.1, 0.15) is 34.3 Å². The lowest BCUT2D eigenvalue weighted by atomic mass is 9.61. The average molecular weight is 404 g/mol. The SMILES string of the molecule is C=CC(=O)NCC1(c2ccccc2)CC(NC(=O)C2Cc3ccccc3C(=O)O2)C1. The number of nitrogens with one attached hydrogen (secondary N) is 2. The maximum Gasteiger partial charge on any atom is 0.339 e. The molecule has 2 aromatic carbocycles. The Morgan fingerprint density at radius 1 is 1.10 bits per heavy atom. The van der Waals surface area contributed by atoms with Gasteiger partial charge in [-0.1, -0.05) is 55.1 Å². The molecule has 4 rings (SSSR count). The zero-order valence-corrected chi connectivity index (χ0v) is 16.6. The number of ether oxygens (including phenoxy) is 1. The molecule has 1 unspecified atom stereocenters. The molecule has 6 heteroatoms. The topological polar surface area (TPSA) is 84.5 Å². The number of hydrogen-bond acceptors (Lipinski definition) is 4. The number of hydrogen-bond donors (Lipinski definition) is 2. The minimum absolute atomic E-state index is 0.0470. The van der Waals surface area contributed by atoms with E-state index in [9.17, 15) is 14.4 Å². The predicted octanol–water partition coefficient (Wildman–Crippen LogP) is 2.29. The number of fused-ring (bicyclic) bond motifs is 1. The minimum Gasteiger partial charge on any atom is -0.448 e. The Labute approximate surface area is 175 Å². The van der Waals surface area contributed by atoms with Gasteiger partial charge in [-0.3, -0.25) is 9.59 Å². The fraction of sp³-hybridized carbons (Fsp3) is 0.292. The summed E-state index contributed by atoms with van der Waals surface area (Å²) in [5, 5.41) is 5.90. The summed E-state index contributed by atoms with van der Waals surface area (Å²) in [5.74, 6) is -0.957. The van der Waals surface area contributed by atoms with Gasteiger partial charge in [0, 0.05) is 24.4 Å². The van der Waals surface area contributed by atoms with Gasteiger partial charge in [-0.25, -0.2) is 4.79 Å². The molecule has 0 spiro atoms. The molecule has 1 aliphatic heterocycles. The lowest BCUT2D eigenvalue weighted by molar-refractivity contribution is -0.132.